The fourth-order valence-electron chi connectivity index (χ4n) is 2.50. The zero-order valence-electron chi connectivity index (χ0n) is 11.9. The number of benzene rings is 1. The zero-order chi connectivity index (χ0) is 13.7. The summed E-state index contributed by atoms with van der Waals surface area (Å²) in [7, 11) is 0. The summed E-state index contributed by atoms with van der Waals surface area (Å²) in [6, 6.07) is 8.02. The first kappa shape index (κ1) is 17.2. The van der Waals surface area contributed by atoms with Gasteiger partial charge in [-0.15, -0.1) is 24.0 Å². The third-order valence-corrected chi connectivity index (χ3v) is 3.67. The minimum absolute atomic E-state index is 0. The number of guanidine groups is 1. The average molecular weight is 389 g/mol. The molecule has 1 aromatic rings. The second-order valence-corrected chi connectivity index (χ2v) is 5.17. The fourth-order valence-corrected chi connectivity index (χ4v) is 2.50. The molecule has 5 heteroatoms. The van der Waals surface area contributed by atoms with Crippen LogP contribution in [0.3, 0.4) is 0 Å². The molecule has 1 unspecified atom stereocenters. The molecule has 20 heavy (non-hydrogen) atoms. The fraction of sp³-hybridized carbons (Fsp3) is 0.533. The highest BCUT2D eigenvalue weighted by Gasteiger charge is 2.36. The Hall–Kier alpha value is -0.820. The van der Waals surface area contributed by atoms with Crippen molar-refractivity contribution in [2.45, 2.75) is 38.2 Å². The molecule has 1 aliphatic carbocycles. The Bertz CT molecular complexity index is 464. The van der Waals surface area contributed by atoms with E-state index in [9.17, 15) is 5.11 Å². The number of hydrogen-bond acceptors (Lipinski definition) is 2. The second-order valence-electron chi connectivity index (χ2n) is 5.17. The van der Waals surface area contributed by atoms with Crippen LogP contribution in [0.5, 0.6) is 0 Å². The quantitative estimate of drug-likeness (QED) is 0.313. The van der Waals surface area contributed by atoms with Crippen molar-refractivity contribution in [3.63, 3.8) is 0 Å². The normalized spacial score (nSPS) is 21.2. The van der Waals surface area contributed by atoms with E-state index in [1.165, 1.54) is 5.56 Å². The number of aliphatic hydroxyl groups is 1. The Labute approximate surface area is 137 Å². The van der Waals surface area contributed by atoms with E-state index >= 15 is 0 Å². The van der Waals surface area contributed by atoms with Crippen LogP contribution in [-0.4, -0.2) is 24.2 Å². The van der Waals surface area contributed by atoms with Crippen LogP contribution in [0, 0.1) is 0 Å². The summed E-state index contributed by atoms with van der Waals surface area (Å²) in [5.41, 5.74) is 7.17. The van der Waals surface area contributed by atoms with E-state index in [4.69, 9.17) is 5.73 Å². The highest BCUT2D eigenvalue weighted by atomic mass is 127. The van der Waals surface area contributed by atoms with E-state index in [2.05, 4.69) is 23.3 Å². The van der Waals surface area contributed by atoms with Crippen LogP contribution in [0.15, 0.2) is 29.3 Å². The molecule has 0 saturated carbocycles. The summed E-state index contributed by atoms with van der Waals surface area (Å²) in [6.07, 6.45) is 3.82. The van der Waals surface area contributed by atoms with Gasteiger partial charge in [0.25, 0.3) is 0 Å². The van der Waals surface area contributed by atoms with Crippen LogP contribution >= 0.6 is 24.0 Å². The molecule has 0 spiro atoms. The lowest BCUT2D eigenvalue weighted by atomic mass is 9.96. The minimum atomic E-state index is -0.854. The molecule has 0 amide bonds. The van der Waals surface area contributed by atoms with Gasteiger partial charge in [-0.1, -0.05) is 37.6 Å². The van der Waals surface area contributed by atoms with Gasteiger partial charge in [-0.05, 0) is 30.4 Å². The molecule has 0 aromatic heterocycles. The van der Waals surface area contributed by atoms with Crippen molar-refractivity contribution in [3.05, 3.63) is 35.4 Å². The number of nitrogens with one attached hydrogen (secondary N) is 1. The van der Waals surface area contributed by atoms with E-state index in [0.717, 1.165) is 37.8 Å². The Balaban J connectivity index is 0.00000200. The standard InChI is InChI=1S/C15H23N3O.HI/c1-2-3-10-17-14(16)18-11-15(19)9-8-12-6-4-5-7-13(12)15;/h4-7,19H,2-3,8-11H2,1H3,(H3,16,17,18);1H. The van der Waals surface area contributed by atoms with Gasteiger partial charge in [0.2, 0.25) is 0 Å². The molecule has 4 N–H and O–H groups in total. The van der Waals surface area contributed by atoms with Crippen molar-refractivity contribution in [1.82, 2.24) is 5.32 Å². The van der Waals surface area contributed by atoms with Gasteiger partial charge in [-0.25, -0.2) is 0 Å². The second kappa shape index (κ2) is 7.83. The maximum Gasteiger partial charge on any atom is 0.188 e. The van der Waals surface area contributed by atoms with Crippen molar-refractivity contribution in [2.24, 2.45) is 10.7 Å². The smallest absolute Gasteiger partial charge is 0.188 e. The van der Waals surface area contributed by atoms with E-state index in [0.29, 0.717) is 12.5 Å². The lowest BCUT2D eigenvalue weighted by molar-refractivity contribution is 0.0486. The molecule has 1 atom stereocenters. The predicted molar refractivity (Wildman–Crippen MR) is 93.5 cm³/mol. The summed E-state index contributed by atoms with van der Waals surface area (Å²) in [6.45, 7) is 3.29. The van der Waals surface area contributed by atoms with Crippen molar-refractivity contribution in [1.29, 1.82) is 0 Å². The first-order valence-corrected chi connectivity index (χ1v) is 7.00. The number of fused-ring (bicyclic) bond motifs is 1. The maximum absolute atomic E-state index is 10.7. The third kappa shape index (κ3) is 4.09. The number of halogens is 1. The topological polar surface area (TPSA) is 70.6 Å². The van der Waals surface area contributed by atoms with Crippen LogP contribution in [-0.2, 0) is 12.0 Å². The highest BCUT2D eigenvalue weighted by molar-refractivity contribution is 14.0. The number of hydrogen-bond donors (Lipinski definition) is 3. The van der Waals surface area contributed by atoms with Gasteiger partial charge < -0.3 is 16.2 Å². The molecule has 0 aliphatic heterocycles. The first-order chi connectivity index (χ1) is 9.15. The van der Waals surface area contributed by atoms with Crippen molar-refractivity contribution in [3.8, 4) is 0 Å². The zero-order valence-corrected chi connectivity index (χ0v) is 14.3. The summed E-state index contributed by atoms with van der Waals surface area (Å²) in [4.78, 5) is 4.28. The first-order valence-electron chi connectivity index (χ1n) is 7.00. The molecule has 0 saturated heterocycles. The average Bonchev–Trinajstić information content (AvgIpc) is 2.76. The van der Waals surface area contributed by atoms with Gasteiger partial charge in [0.1, 0.15) is 5.60 Å². The molecular formula is C15H24IN3O. The summed E-state index contributed by atoms with van der Waals surface area (Å²) < 4.78 is 0. The molecule has 4 nitrogen and oxygen atoms in total. The number of rotatable bonds is 5. The molecular weight excluding hydrogens is 365 g/mol. The molecule has 1 aliphatic rings. The molecule has 0 heterocycles. The van der Waals surface area contributed by atoms with Gasteiger partial charge in [0, 0.05) is 6.54 Å². The van der Waals surface area contributed by atoms with Gasteiger partial charge >= 0.3 is 0 Å². The summed E-state index contributed by atoms with van der Waals surface area (Å²) >= 11 is 0. The number of unbranched alkanes of at least 4 members (excludes halogenated alkanes) is 1. The van der Waals surface area contributed by atoms with Gasteiger partial charge in [0.15, 0.2) is 5.96 Å². The highest BCUT2D eigenvalue weighted by Crippen LogP contribution is 2.36. The van der Waals surface area contributed by atoms with Gasteiger partial charge in [0.05, 0.1) is 6.54 Å². The Morgan fingerprint density at radius 1 is 1.45 bits per heavy atom. The molecule has 112 valence electrons. The van der Waals surface area contributed by atoms with Crippen LogP contribution in [0.25, 0.3) is 0 Å². The Morgan fingerprint density at radius 3 is 2.95 bits per heavy atom. The molecule has 1 aromatic carbocycles. The molecule has 0 radical (unpaired) electrons. The molecule has 0 bridgehead atoms. The lowest BCUT2D eigenvalue weighted by Crippen LogP contribution is -2.35. The van der Waals surface area contributed by atoms with E-state index in [-0.39, 0.29) is 24.0 Å². The Kier molecular flexibility index (Phi) is 6.75. The maximum atomic E-state index is 10.7. The summed E-state index contributed by atoms with van der Waals surface area (Å²) in [5, 5.41) is 13.7. The third-order valence-electron chi connectivity index (χ3n) is 3.67. The largest absolute Gasteiger partial charge is 0.383 e. The minimum Gasteiger partial charge on any atom is -0.383 e. The van der Waals surface area contributed by atoms with Gasteiger partial charge in [-0.2, -0.15) is 0 Å². The Morgan fingerprint density at radius 2 is 2.20 bits per heavy atom. The van der Waals surface area contributed by atoms with Crippen LogP contribution in [0.4, 0.5) is 0 Å². The number of nitrogens with zero attached hydrogens (tertiary/aromatic N) is 1. The van der Waals surface area contributed by atoms with E-state index in [1.54, 1.807) is 0 Å². The van der Waals surface area contributed by atoms with E-state index in [1.807, 2.05) is 18.2 Å². The number of aryl methyl sites for hydroxylation is 1. The van der Waals surface area contributed by atoms with E-state index < -0.39 is 5.60 Å². The lowest BCUT2D eigenvalue weighted by Gasteiger charge is -2.22. The van der Waals surface area contributed by atoms with Gasteiger partial charge in [-0.3, -0.25) is 4.99 Å². The van der Waals surface area contributed by atoms with Crippen molar-refractivity contribution < 1.29 is 5.11 Å². The summed E-state index contributed by atoms with van der Waals surface area (Å²) in [5.74, 6) is 0.422. The number of aliphatic imine (C=N–C) groups is 1. The van der Waals surface area contributed by atoms with Crippen molar-refractivity contribution in [2.75, 3.05) is 13.1 Å². The monoisotopic (exact) mass is 389 g/mol. The van der Waals surface area contributed by atoms with Crippen molar-refractivity contribution >= 4 is 29.9 Å². The molecule has 2 rings (SSSR count). The van der Waals surface area contributed by atoms with Crippen LogP contribution in [0.2, 0.25) is 0 Å². The van der Waals surface area contributed by atoms with Crippen LogP contribution in [0.1, 0.15) is 37.3 Å². The number of nitrogens with two attached hydrogens (primary N) is 1. The predicted octanol–water partition coefficient (Wildman–Crippen LogP) is 2.14. The van der Waals surface area contributed by atoms with Crippen LogP contribution < -0.4 is 11.1 Å². The molecule has 0 fully saturated rings. The SMILES string of the molecule is CCCCNC(N)=NCC1(O)CCc2ccccc21.I.